The molecule has 1 amide bonds. The molecule has 1 atom stereocenters. The predicted octanol–water partition coefficient (Wildman–Crippen LogP) is -1.75. The number of rotatable bonds is 7. The van der Waals surface area contributed by atoms with Crippen molar-refractivity contribution >= 4 is 11.9 Å². The minimum atomic E-state index is -0.991. The fraction of sp³-hybridized carbons (Fsp3) is 0.714. The highest BCUT2D eigenvalue weighted by Crippen LogP contribution is 1.96. The highest BCUT2D eigenvalue weighted by Gasteiger charge is 2.16. The van der Waals surface area contributed by atoms with Crippen molar-refractivity contribution in [3.8, 4) is 0 Å². The van der Waals surface area contributed by atoms with Gasteiger partial charge < -0.3 is 21.9 Å². The van der Waals surface area contributed by atoms with E-state index < -0.39 is 17.9 Å². The van der Waals surface area contributed by atoms with Crippen molar-refractivity contribution in [2.75, 3.05) is 13.1 Å². The van der Waals surface area contributed by atoms with Gasteiger partial charge in [0.05, 0.1) is 0 Å². The van der Waals surface area contributed by atoms with E-state index in [4.69, 9.17) is 16.6 Å². The molecular formula is C7H15N3O3. The summed E-state index contributed by atoms with van der Waals surface area (Å²) in [5, 5.41) is 11.3. The normalized spacial score (nSPS) is 12.4. The molecule has 0 spiro atoms. The lowest BCUT2D eigenvalue weighted by Crippen LogP contribution is -2.40. The van der Waals surface area contributed by atoms with E-state index in [-0.39, 0.29) is 12.8 Å². The Balaban J connectivity index is 3.80. The molecule has 6 nitrogen and oxygen atoms in total. The Morgan fingerprint density at radius 2 is 2.08 bits per heavy atom. The highest BCUT2D eigenvalue weighted by atomic mass is 16.4. The second kappa shape index (κ2) is 6.38. The van der Waals surface area contributed by atoms with E-state index in [1.165, 1.54) is 0 Å². The van der Waals surface area contributed by atoms with Crippen LogP contribution in [0.25, 0.3) is 0 Å². The number of carboxylic acid groups (broad SMARTS) is 1. The molecule has 13 heavy (non-hydrogen) atoms. The predicted molar refractivity (Wildman–Crippen MR) is 46.9 cm³/mol. The van der Waals surface area contributed by atoms with Gasteiger partial charge in [-0.05, 0) is 6.42 Å². The largest absolute Gasteiger partial charge is 0.480 e. The zero-order valence-corrected chi connectivity index (χ0v) is 7.32. The van der Waals surface area contributed by atoms with Crippen LogP contribution in [0.3, 0.4) is 0 Å². The Morgan fingerprint density at radius 1 is 1.46 bits per heavy atom. The number of carbonyl (C=O) groups excluding carboxylic acids is 1. The maximum absolute atomic E-state index is 10.6. The molecular weight excluding hydrogens is 174 g/mol. The number of primary amides is 1. The SMILES string of the molecule is NCCNC(CCC(N)=O)C(=O)O. The van der Waals surface area contributed by atoms with Gasteiger partial charge in [0.2, 0.25) is 5.91 Å². The van der Waals surface area contributed by atoms with Crippen LogP contribution >= 0.6 is 0 Å². The molecule has 0 rings (SSSR count). The van der Waals surface area contributed by atoms with Gasteiger partial charge in [-0.3, -0.25) is 9.59 Å². The van der Waals surface area contributed by atoms with Crippen LogP contribution in [0.2, 0.25) is 0 Å². The van der Waals surface area contributed by atoms with Crippen molar-refractivity contribution in [3.05, 3.63) is 0 Å². The van der Waals surface area contributed by atoms with Crippen LogP contribution < -0.4 is 16.8 Å². The maximum atomic E-state index is 10.6. The summed E-state index contributed by atoms with van der Waals surface area (Å²) in [6.45, 7) is 0.774. The van der Waals surface area contributed by atoms with E-state index in [9.17, 15) is 9.59 Å². The van der Waals surface area contributed by atoms with Crippen LogP contribution in [0.4, 0.5) is 0 Å². The molecule has 0 bridgehead atoms. The average molecular weight is 189 g/mol. The van der Waals surface area contributed by atoms with Crippen molar-refractivity contribution in [1.29, 1.82) is 0 Å². The number of hydrogen-bond donors (Lipinski definition) is 4. The van der Waals surface area contributed by atoms with Crippen molar-refractivity contribution in [3.63, 3.8) is 0 Å². The summed E-state index contributed by atoms with van der Waals surface area (Å²) >= 11 is 0. The minimum Gasteiger partial charge on any atom is -0.480 e. The summed E-state index contributed by atoms with van der Waals surface area (Å²) in [7, 11) is 0. The first kappa shape index (κ1) is 11.9. The molecule has 0 fully saturated rings. The van der Waals surface area contributed by atoms with Crippen molar-refractivity contribution in [1.82, 2.24) is 5.32 Å². The second-order valence-electron chi connectivity index (χ2n) is 2.64. The standard InChI is InChI=1S/C7H15N3O3/c8-3-4-10-5(7(12)13)1-2-6(9)11/h5,10H,1-4,8H2,(H2,9,11)(H,12,13). The fourth-order valence-electron chi connectivity index (χ4n) is 0.857. The molecule has 0 saturated heterocycles. The first-order valence-corrected chi connectivity index (χ1v) is 4.02. The maximum Gasteiger partial charge on any atom is 0.320 e. The molecule has 0 aliphatic heterocycles. The number of carbonyl (C=O) groups is 2. The van der Waals surface area contributed by atoms with Gasteiger partial charge >= 0.3 is 5.97 Å². The molecule has 76 valence electrons. The van der Waals surface area contributed by atoms with Gasteiger partial charge in [0.15, 0.2) is 0 Å². The summed E-state index contributed by atoms with van der Waals surface area (Å²) in [6.07, 6.45) is 0.263. The third-order valence-corrected chi connectivity index (χ3v) is 1.51. The van der Waals surface area contributed by atoms with Crippen LogP contribution in [0.1, 0.15) is 12.8 Å². The zero-order valence-electron chi connectivity index (χ0n) is 7.32. The molecule has 0 heterocycles. The van der Waals surface area contributed by atoms with Gasteiger partial charge in [-0.2, -0.15) is 0 Å². The van der Waals surface area contributed by atoms with Crippen LogP contribution in [-0.4, -0.2) is 36.1 Å². The highest BCUT2D eigenvalue weighted by molar-refractivity contribution is 5.77. The summed E-state index contributed by atoms with van der Waals surface area (Å²) in [5.74, 6) is -1.49. The van der Waals surface area contributed by atoms with Crippen LogP contribution in [0.5, 0.6) is 0 Å². The third kappa shape index (κ3) is 6.06. The first-order valence-electron chi connectivity index (χ1n) is 4.02. The number of hydrogen-bond acceptors (Lipinski definition) is 4. The topological polar surface area (TPSA) is 118 Å². The molecule has 6 N–H and O–H groups in total. The van der Waals surface area contributed by atoms with Crippen LogP contribution in [-0.2, 0) is 9.59 Å². The molecule has 0 aliphatic rings. The lowest BCUT2D eigenvalue weighted by molar-refractivity contribution is -0.139. The van der Waals surface area contributed by atoms with Crippen molar-refractivity contribution < 1.29 is 14.7 Å². The zero-order chi connectivity index (χ0) is 10.3. The Bertz CT molecular complexity index is 184. The average Bonchev–Trinajstić information content (AvgIpc) is 2.03. The summed E-state index contributed by atoms with van der Waals surface area (Å²) in [6, 6.07) is -0.740. The smallest absolute Gasteiger partial charge is 0.320 e. The summed E-state index contributed by atoms with van der Waals surface area (Å²) < 4.78 is 0. The molecule has 0 aromatic carbocycles. The third-order valence-electron chi connectivity index (χ3n) is 1.51. The molecule has 0 saturated carbocycles. The van der Waals surface area contributed by atoms with Gasteiger partial charge in [-0.1, -0.05) is 0 Å². The van der Waals surface area contributed by atoms with Gasteiger partial charge in [0.1, 0.15) is 6.04 Å². The van der Waals surface area contributed by atoms with E-state index in [1.807, 2.05) is 0 Å². The summed E-state index contributed by atoms with van der Waals surface area (Å²) in [4.78, 5) is 20.9. The van der Waals surface area contributed by atoms with Gasteiger partial charge in [-0.15, -0.1) is 0 Å². The Hall–Kier alpha value is -1.14. The Kier molecular flexibility index (Phi) is 5.82. The van der Waals surface area contributed by atoms with E-state index in [0.717, 1.165) is 0 Å². The molecule has 0 aliphatic carbocycles. The second-order valence-corrected chi connectivity index (χ2v) is 2.64. The lowest BCUT2D eigenvalue weighted by Gasteiger charge is -2.12. The van der Waals surface area contributed by atoms with Crippen LogP contribution in [0, 0.1) is 0 Å². The van der Waals surface area contributed by atoms with E-state index in [2.05, 4.69) is 5.32 Å². The molecule has 0 aromatic rings. The molecule has 0 radical (unpaired) electrons. The van der Waals surface area contributed by atoms with Gasteiger partial charge in [-0.25, -0.2) is 0 Å². The van der Waals surface area contributed by atoms with E-state index in [1.54, 1.807) is 0 Å². The number of nitrogens with two attached hydrogens (primary N) is 2. The van der Waals surface area contributed by atoms with Crippen LogP contribution in [0.15, 0.2) is 0 Å². The molecule has 1 unspecified atom stereocenters. The minimum absolute atomic E-state index is 0.0640. The number of nitrogens with one attached hydrogen (secondary N) is 1. The monoisotopic (exact) mass is 189 g/mol. The number of aliphatic carboxylic acids is 1. The van der Waals surface area contributed by atoms with Crippen molar-refractivity contribution in [2.24, 2.45) is 11.5 Å². The lowest BCUT2D eigenvalue weighted by atomic mass is 10.1. The Morgan fingerprint density at radius 3 is 2.46 bits per heavy atom. The van der Waals surface area contributed by atoms with E-state index in [0.29, 0.717) is 13.1 Å². The molecule has 0 aromatic heterocycles. The first-order chi connectivity index (χ1) is 6.07. The number of amides is 1. The van der Waals surface area contributed by atoms with E-state index >= 15 is 0 Å². The number of carboxylic acids is 1. The molecule has 6 heteroatoms. The Labute approximate surface area is 76.3 Å². The van der Waals surface area contributed by atoms with Gasteiger partial charge in [0, 0.05) is 19.5 Å². The fourth-order valence-corrected chi connectivity index (χ4v) is 0.857. The summed E-state index contributed by atoms with van der Waals surface area (Å²) in [5.41, 5.74) is 10.1. The quantitative estimate of drug-likeness (QED) is 0.379. The van der Waals surface area contributed by atoms with Crippen molar-refractivity contribution in [2.45, 2.75) is 18.9 Å². The van der Waals surface area contributed by atoms with Gasteiger partial charge in [0.25, 0.3) is 0 Å².